The molecule has 0 saturated carbocycles. The van der Waals surface area contributed by atoms with Crippen LogP contribution in [0.2, 0.25) is 5.02 Å². The van der Waals surface area contributed by atoms with Crippen molar-refractivity contribution >= 4 is 34.8 Å². The van der Waals surface area contributed by atoms with E-state index in [0.29, 0.717) is 30.4 Å². The van der Waals surface area contributed by atoms with Gasteiger partial charge in [-0.15, -0.1) is 11.3 Å². The fourth-order valence-electron chi connectivity index (χ4n) is 2.70. The van der Waals surface area contributed by atoms with Gasteiger partial charge >= 0.3 is 5.97 Å². The molecule has 0 aliphatic carbocycles. The molecule has 1 aromatic heterocycles. The third-order valence-corrected chi connectivity index (χ3v) is 5.11. The number of nitrogens with one attached hydrogen (secondary N) is 1. The standard InChI is InChI=1S/C18H19ClN2O4S/c19-13-3-5-14(6-4-13)25-12-16(22)24-10-9-21-8-7-20-18(23)17(21)15-2-1-11-26-15/h1-6,11,17H,7-10,12H2,(H,20,23). The Labute approximate surface area is 160 Å². The largest absolute Gasteiger partial charge is 0.482 e. The van der Waals surface area contributed by atoms with Crippen molar-refractivity contribution in [3.8, 4) is 5.75 Å². The van der Waals surface area contributed by atoms with E-state index in [-0.39, 0.29) is 25.2 Å². The van der Waals surface area contributed by atoms with Gasteiger partial charge in [-0.2, -0.15) is 0 Å². The van der Waals surface area contributed by atoms with Gasteiger partial charge in [-0.1, -0.05) is 17.7 Å². The molecule has 1 N–H and O–H groups in total. The van der Waals surface area contributed by atoms with Crippen LogP contribution in [0, 0.1) is 0 Å². The quantitative estimate of drug-likeness (QED) is 0.731. The van der Waals surface area contributed by atoms with Gasteiger partial charge in [-0.3, -0.25) is 9.69 Å². The lowest BCUT2D eigenvalue weighted by molar-refractivity contribution is -0.146. The Morgan fingerprint density at radius 3 is 2.85 bits per heavy atom. The fraction of sp³-hybridized carbons (Fsp3) is 0.333. The second kappa shape index (κ2) is 9.02. The van der Waals surface area contributed by atoms with Crippen LogP contribution in [0.15, 0.2) is 41.8 Å². The first-order valence-corrected chi connectivity index (χ1v) is 9.48. The first-order valence-electron chi connectivity index (χ1n) is 8.22. The van der Waals surface area contributed by atoms with Crippen LogP contribution in [-0.2, 0) is 14.3 Å². The molecule has 0 bridgehead atoms. The molecule has 138 valence electrons. The van der Waals surface area contributed by atoms with Crippen LogP contribution in [0.3, 0.4) is 0 Å². The number of piperazine rings is 1. The minimum atomic E-state index is -0.450. The van der Waals surface area contributed by atoms with E-state index < -0.39 is 5.97 Å². The summed E-state index contributed by atoms with van der Waals surface area (Å²) in [4.78, 5) is 27.0. The van der Waals surface area contributed by atoms with Crippen molar-refractivity contribution in [3.63, 3.8) is 0 Å². The molecule has 1 amide bonds. The van der Waals surface area contributed by atoms with E-state index >= 15 is 0 Å². The second-order valence-electron chi connectivity index (χ2n) is 5.71. The SMILES string of the molecule is O=C(COc1ccc(Cl)cc1)OCCN1CCNC(=O)C1c1cccs1. The van der Waals surface area contributed by atoms with Crippen LogP contribution in [-0.4, -0.2) is 49.6 Å². The number of rotatable bonds is 7. The van der Waals surface area contributed by atoms with Crippen LogP contribution in [0.5, 0.6) is 5.75 Å². The van der Waals surface area contributed by atoms with Crippen molar-refractivity contribution in [1.29, 1.82) is 0 Å². The number of amides is 1. The molecule has 8 heteroatoms. The molecule has 3 rings (SSSR count). The third-order valence-electron chi connectivity index (χ3n) is 3.94. The number of hydrogen-bond acceptors (Lipinski definition) is 6. The Bertz CT molecular complexity index is 736. The van der Waals surface area contributed by atoms with E-state index in [0.717, 1.165) is 4.88 Å². The molecule has 1 atom stereocenters. The molecule has 1 aliphatic heterocycles. The zero-order valence-electron chi connectivity index (χ0n) is 14.0. The highest BCUT2D eigenvalue weighted by Crippen LogP contribution is 2.26. The Balaban J connectivity index is 1.45. The predicted molar refractivity (Wildman–Crippen MR) is 99.5 cm³/mol. The van der Waals surface area contributed by atoms with Crippen molar-refractivity contribution < 1.29 is 19.1 Å². The molecule has 1 unspecified atom stereocenters. The maximum atomic E-state index is 12.2. The van der Waals surface area contributed by atoms with Crippen molar-refractivity contribution in [3.05, 3.63) is 51.7 Å². The number of carbonyl (C=O) groups is 2. The Hall–Kier alpha value is -2.09. The van der Waals surface area contributed by atoms with Crippen molar-refractivity contribution in [1.82, 2.24) is 10.2 Å². The van der Waals surface area contributed by atoms with Crippen LogP contribution in [0.4, 0.5) is 0 Å². The van der Waals surface area contributed by atoms with E-state index in [1.807, 2.05) is 22.4 Å². The zero-order chi connectivity index (χ0) is 18.4. The van der Waals surface area contributed by atoms with Crippen LogP contribution >= 0.6 is 22.9 Å². The van der Waals surface area contributed by atoms with Gasteiger partial charge in [0.15, 0.2) is 6.61 Å². The van der Waals surface area contributed by atoms with E-state index in [1.165, 1.54) is 0 Å². The number of esters is 1. The molecule has 0 spiro atoms. The first-order chi connectivity index (χ1) is 12.6. The van der Waals surface area contributed by atoms with Gasteiger partial charge in [0, 0.05) is 29.5 Å². The number of carbonyl (C=O) groups excluding carboxylic acids is 2. The molecule has 1 saturated heterocycles. The fourth-order valence-corrected chi connectivity index (χ4v) is 3.69. The summed E-state index contributed by atoms with van der Waals surface area (Å²) in [6, 6.07) is 10.3. The molecule has 6 nitrogen and oxygen atoms in total. The van der Waals surface area contributed by atoms with Crippen LogP contribution in [0.1, 0.15) is 10.9 Å². The monoisotopic (exact) mass is 394 g/mol. The molecular weight excluding hydrogens is 376 g/mol. The number of ether oxygens (including phenoxy) is 2. The summed E-state index contributed by atoms with van der Waals surface area (Å²) < 4.78 is 10.6. The summed E-state index contributed by atoms with van der Waals surface area (Å²) in [5, 5.41) is 5.43. The number of halogens is 1. The van der Waals surface area contributed by atoms with E-state index in [9.17, 15) is 9.59 Å². The molecule has 1 aliphatic rings. The second-order valence-corrected chi connectivity index (χ2v) is 7.12. The zero-order valence-corrected chi connectivity index (χ0v) is 15.6. The highest BCUT2D eigenvalue weighted by Gasteiger charge is 2.31. The van der Waals surface area contributed by atoms with E-state index in [1.54, 1.807) is 35.6 Å². The molecule has 26 heavy (non-hydrogen) atoms. The predicted octanol–water partition coefficient (Wildman–Crippen LogP) is 2.50. The van der Waals surface area contributed by atoms with Gasteiger partial charge in [0.2, 0.25) is 5.91 Å². The lowest BCUT2D eigenvalue weighted by Crippen LogP contribution is -2.50. The number of thiophene rings is 1. The minimum absolute atomic E-state index is 0.0175. The molecular formula is C18H19ClN2O4S. The van der Waals surface area contributed by atoms with Gasteiger partial charge in [-0.05, 0) is 35.7 Å². The first kappa shape index (κ1) is 18.7. The van der Waals surface area contributed by atoms with Crippen molar-refractivity contribution in [2.45, 2.75) is 6.04 Å². The average Bonchev–Trinajstić information content (AvgIpc) is 3.15. The highest BCUT2D eigenvalue weighted by atomic mass is 35.5. The Morgan fingerprint density at radius 1 is 1.31 bits per heavy atom. The maximum absolute atomic E-state index is 12.2. The summed E-state index contributed by atoms with van der Waals surface area (Å²) >= 11 is 7.34. The average molecular weight is 395 g/mol. The summed E-state index contributed by atoms with van der Waals surface area (Å²) in [5.41, 5.74) is 0. The van der Waals surface area contributed by atoms with Crippen molar-refractivity contribution in [2.75, 3.05) is 32.8 Å². The summed E-state index contributed by atoms with van der Waals surface area (Å²) in [6.07, 6.45) is 0. The molecule has 1 aromatic carbocycles. The summed E-state index contributed by atoms with van der Waals surface area (Å²) in [5.74, 6) is 0.0852. The highest BCUT2D eigenvalue weighted by molar-refractivity contribution is 7.10. The molecule has 0 radical (unpaired) electrons. The van der Waals surface area contributed by atoms with Crippen molar-refractivity contribution in [2.24, 2.45) is 0 Å². The lowest BCUT2D eigenvalue weighted by Gasteiger charge is -2.34. The van der Waals surface area contributed by atoms with Gasteiger partial charge in [0.05, 0.1) is 0 Å². The van der Waals surface area contributed by atoms with Gasteiger partial charge in [0.25, 0.3) is 0 Å². The number of nitrogens with zero attached hydrogens (tertiary/aromatic N) is 1. The third kappa shape index (κ3) is 4.97. The topological polar surface area (TPSA) is 67.9 Å². The summed E-state index contributed by atoms with van der Waals surface area (Å²) in [7, 11) is 0. The normalized spacial score (nSPS) is 17.6. The minimum Gasteiger partial charge on any atom is -0.482 e. The van der Waals surface area contributed by atoms with E-state index in [4.69, 9.17) is 21.1 Å². The van der Waals surface area contributed by atoms with E-state index in [2.05, 4.69) is 5.32 Å². The number of hydrogen-bond donors (Lipinski definition) is 1. The smallest absolute Gasteiger partial charge is 0.344 e. The molecule has 2 heterocycles. The number of benzene rings is 1. The molecule has 2 aromatic rings. The maximum Gasteiger partial charge on any atom is 0.344 e. The summed E-state index contributed by atoms with van der Waals surface area (Å²) in [6.45, 7) is 1.83. The Kier molecular flexibility index (Phi) is 6.49. The molecule has 1 fully saturated rings. The van der Waals surface area contributed by atoms with Crippen LogP contribution in [0.25, 0.3) is 0 Å². The Morgan fingerprint density at radius 2 is 2.12 bits per heavy atom. The van der Waals surface area contributed by atoms with Gasteiger partial charge in [0.1, 0.15) is 18.4 Å². The lowest BCUT2D eigenvalue weighted by atomic mass is 10.1. The van der Waals surface area contributed by atoms with Gasteiger partial charge < -0.3 is 14.8 Å². The van der Waals surface area contributed by atoms with Crippen LogP contribution < -0.4 is 10.1 Å². The van der Waals surface area contributed by atoms with Gasteiger partial charge in [-0.25, -0.2) is 4.79 Å².